The Morgan fingerprint density at radius 1 is 1.38 bits per heavy atom. The maximum absolute atomic E-state index is 11.1. The lowest BCUT2D eigenvalue weighted by atomic mass is 10.1. The highest BCUT2D eigenvalue weighted by Crippen LogP contribution is 2.59. The van der Waals surface area contributed by atoms with Gasteiger partial charge >= 0.3 is 6.03 Å². The molecule has 1 aliphatic carbocycles. The molecule has 86 valence electrons. The number of rotatable bonds is 2. The van der Waals surface area contributed by atoms with E-state index in [1.54, 1.807) is 7.05 Å². The van der Waals surface area contributed by atoms with E-state index in [1.165, 1.54) is 0 Å². The first-order chi connectivity index (χ1) is 7.53. The van der Waals surface area contributed by atoms with E-state index in [2.05, 4.69) is 10.6 Å². The summed E-state index contributed by atoms with van der Waals surface area (Å²) in [5.41, 5.74) is 1.85. The van der Waals surface area contributed by atoms with Gasteiger partial charge in [-0.05, 0) is 24.1 Å². The van der Waals surface area contributed by atoms with Crippen LogP contribution >= 0.6 is 23.2 Å². The molecule has 2 amide bonds. The summed E-state index contributed by atoms with van der Waals surface area (Å²) < 4.78 is -0.601. The molecule has 3 nitrogen and oxygen atoms in total. The van der Waals surface area contributed by atoms with Crippen molar-refractivity contribution in [1.29, 1.82) is 0 Å². The van der Waals surface area contributed by atoms with Crippen molar-refractivity contribution < 1.29 is 4.79 Å². The van der Waals surface area contributed by atoms with Crippen LogP contribution in [0.5, 0.6) is 0 Å². The number of nitrogens with one attached hydrogen (secondary N) is 2. The molecule has 1 fully saturated rings. The third-order valence-corrected chi connectivity index (χ3v) is 3.46. The van der Waals surface area contributed by atoms with Crippen LogP contribution in [0.1, 0.15) is 17.9 Å². The Morgan fingerprint density at radius 2 is 1.94 bits per heavy atom. The highest BCUT2D eigenvalue weighted by Gasteiger charge is 2.52. The number of urea groups is 1. The van der Waals surface area contributed by atoms with Gasteiger partial charge in [0.1, 0.15) is 4.33 Å². The Hall–Kier alpha value is -0.930. The number of carbonyl (C=O) groups is 1. The second-order valence-corrected chi connectivity index (χ2v) is 5.39. The second kappa shape index (κ2) is 4.15. The van der Waals surface area contributed by atoms with Gasteiger partial charge in [0.15, 0.2) is 0 Å². The van der Waals surface area contributed by atoms with Crippen molar-refractivity contribution >= 4 is 34.9 Å². The highest BCUT2D eigenvalue weighted by molar-refractivity contribution is 6.51. The van der Waals surface area contributed by atoms with Crippen LogP contribution in [-0.2, 0) is 0 Å². The molecule has 0 bridgehead atoms. The molecule has 1 aliphatic rings. The van der Waals surface area contributed by atoms with E-state index in [0.717, 1.165) is 17.7 Å². The minimum absolute atomic E-state index is 0.213. The standard InChI is InChI=1S/C11H12Cl2N2O/c1-14-10(16)15-8-4-2-7(3-5-8)9-6-11(9,12)13/h2-5,9H,6H2,1H3,(H2,14,15,16)/t9-/m0/s1. The summed E-state index contributed by atoms with van der Waals surface area (Å²) in [7, 11) is 1.57. The van der Waals surface area contributed by atoms with Gasteiger partial charge in [-0.1, -0.05) is 12.1 Å². The van der Waals surface area contributed by atoms with E-state index in [9.17, 15) is 4.79 Å². The molecule has 1 saturated carbocycles. The summed E-state index contributed by atoms with van der Waals surface area (Å²) in [4.78, 5) is 11.1. The second-order valence-electron chi connectivity index (χ2n) is 3.84. The Balaban J connectivity index is 2.03. The first-order valence-corrected chi connectivity index (χ1v) is 5.75. The number of amides is 2. The van der Waals surface area contributed by atoms with Crippen molar-refractivity contribution in [3.05, 3.63) is 29.8 Å². The minimum Gasteiger partial charge on any atom is -0.341 e. The summed E-state index contributed by atoms with van der Waals surface area (Å²) in [6.07, 6.45) is 0.790. The Morgan fingerprint density at radius 3 is 2.38 bits per heavy atom. The SMILES string of the molecule is CNC(=O)Nc1ccc([C@@H]2CC2(Cl)Cl)cc1. The molecular formula is C11H12Cl2N2O. The highest BCUT2D eigenvalue weighted by atomic mass is 35.5. The first-order valence-electron chi connectivity index (χ1n) is 4.99. The van der Waals surface area contributed by atoms with Crippen LogP contribution < -0.4 is 10.6 Å². The first kappa shape index (κ1) is 11.6. The Labute approximate surface area is 104 Å². The maximum Gasteiger partial charge on any atom is 0.318 e. The molecule has 1 aromatic carbocycles. The van der Waals surface area contributed by atoms with Gasteiger partial charge < -0.3 is 10.6 Å². The van der Waals surface area contributed by atoms with Gasteiger partial charge in [-0.3, -0.25) is 0 Å². The summed E-state index contributed by atoms with van der Waals surface area (Å²) in [5, 5.41) is 5.17. The molecule has 0 radical (unpaired) electrons. The predicted molar refractivity (Wildman–Crippen MR) is 66.3 cm³/mol. The third kappa shape index (κ3) is 2.42. The van der Waals surface area contributed by atoms with Crippen LogP contribution in [-0.4, -0.2) is 17.4 Å². The van der Waals surface area contributed by atoms with Gasteiger partial charge in [-0.15, -0.1) is 23.2 Å². The summed E-state index contributed by atoms with van der Waals surface area (Å²) in [5.74, 6) is 0.213. The molecule has 0 unspecified atom stereocenters. The smallest absolute Gasteiger partial charge is 0.318 e. The van der Waals surface area contributed by atoms with Crippen LogP contribution in [0.2, 0.25) is 0 Å². The van der Waals surface area contributed by atoms with Gasteiger partial charge in [0, 0.05) is 18.7 Å². The van der Waals surface area contributed by atoms with E-state index < -0.39 is 4.33 Å². The lowest BCUT2D eigenvalue weighted by molar-refractivity contribution is 0.254. The van der Waals surface area contributed by atoms with Crippen LogP contribution in [0.15, 0.2) is 24.3 Å². The number of alkyl halides is 2. The molecule has 0 heterocycles. The van der Waals surface area contributed by atoms with Crippen molar-refractivity contribution in [2.75, 3.05) is 12.4 Å². The largest absolute Gasteiger partial charge is 0.341 e. The topological polar surface area (TPSA) is 41.1 Å². The lowest BCUT2D eigenvalue weighted by Gasteiger charge is -2.05. The van der Waals surface area contributed by atoms with E-state index in [1.807, 2.05) is 24.3 Å². The van der Waals surface area contributed by atoms with Gasteiger partial charge in [0.05, 0.1) is 0 Å². The fourth-order valence-electron chi connectivity index (χ4n) is 1.57. The molecule has 0 aliphatic heterocycles. The lowest BCUT2D eigenvalue weighted by Crippen LogP contribution is -2.24. The van der Waals surface area contributed by atoms with Crippen molar-refractivity contribution in [1.82, 2.24) is 5.32 Å². The quantitative estimate of drug-likeness (QED) is 0.787. The molecule has 1 aromatic rings. The molecular weight excluding hydrogens is 247 g/mol. The predicted octanol–water partition coefficient (Wildman–Crippen LogP) is 3.10. The molecule has 2 N–H and O–H groups in total. The van der Waals surface area contributed by atoms with Crippen LogP contribution in [0, 0.1) is 0 Å². The monoisotopic (exact) mass is 258 g/mol. The average molecular weight is 259 g/mol. The molecule has 0 spiro atoms. The third-order valence-electron chi connectivity index (χ3n) is 2.62. The van der Waals surface area contributed by atoms with Gasteiger partial charge in [0.25, 0.3) is 0 Å². The number of hydrogen-bond donors (Lipinski definition) is 2. The summed E-state index contributed by atoms with van der Waals surface area (Å²) in [6.45, 7) is 0. The van der Waals surface area contributed by atoms with Gasteiger partial charge in [0.2, 0.25) is 0 Å². The zero-order chi connectivity index (χ0) is 11.8. The number of anilines is 1. The van der Waals surface area contributed by atoms with Crippen molar-refractivity contribution in [2.24, 2.45) is 0 Å². The summed E-state index contributed by atoms with van der Waals surface area (Å²) in [6, 6.07) is 7.31. The number of hydrogen-bond acceptors (Lipinski definition) is 1. The molecule has 0 aromatic heterocycles. The Kier molecular flexibility index (Phi) is 3.00. The zero-order valence-corrected chi connectivity index (χ0v) is 10.3. The minimum atomic E-state index is -0.601. The van der Waals surface area contributed by atoms with Crippen LogP contribution in [0.4, 0.5) is 10.5 Å². The molecule has 1 atom stereocenters. The summed E-state index contributed by atoms with van der Waals surface area (Å²) >= 11 is 11.9. The van der Waals surface area contributed by atoms with Crippen LogP contribution in [0.3, 0.4) is 0 Å². The van der Waals surface area contributed by atoms with E-state index >= 15 is 0 Å². The zero-order valence-electron chi connectivity index (χ0n) is 8.76. The fourth-order valence-corrected chi connectivity index (χ4v) is 2.13. The van der Waals surface area contributed by atoms with E-state index in [0.29, 0.717) is 0 Å². The molecule has 0 saturated heterocycles. The van der Waals surface area contributed by atoms with E-state index in [-0.39, 0.29) is 11.9 Å². The number of carbonyl (C=O) groups excluding carboxylic acids is 1. The van der Waals surface area contributed by atoms with Crippen molar-refractivity contribution in [3.8, 4) is 0 Å². The molecule has 16 heavy (non-hydrogen) atoms. The number of halogens is 2. The van der Waals surface area contributed by atoms with E-state index in [4.69, 9.17) is 23.2 Å². The fraction of sp³-hybridized carbons (Fsp3) is 0.364. The normalized spacial score (nSPS) is 21.3. The van der Waals surface area contributed by atoms with Crippen LogP contribution in [0.25, 0.3) is 0 Å². The number of benzene rings is 1. The molecule has 2 rings (SSSR count). The Bertz CT molecular complexity index is 403. The van der Waals surface area contributed by atoms with Gasteiger partial charge in [-0.2, -0.15) is 0 Å². The van der Waals surface area contributed by atoms with Crippen molar-refractivity contribution in [3.63, 3.8) is 0 Å². The van der Waals surface area contributed by atoms with Crippen molar-refractivity contribution in [2.45, 2.75) is 16.7 Å². The maximum atomic E-state index is 11.1. The average Bonchev–Trinajstić information content (AvgIpc) is 2.89. The molecule has 5 heteroatoms. The van der Waals surface area contributed by atoms with Gasteiger partial charge in [-0.25, -0.2) is 4.79 Å².